The molecule has 5 nitrogen and oxygen atoms in total. The SMILES string of the molecule is CC(C)N(Cc1ccccc1)c1ccnc(C(=O)N2CCN(C)CC2)c1. The Morgan fingerprint density at radius 1 is 1.12 bits per heavy atom. The Balaban J connectivity index is 1.79. The minimum Gasteiger partial charge on any atom is -0.365 e. The van der Waals surface area contributed by atoms with Gasteiger partial charge in [0, 0.05) is 50.6 Å². The maximum atomic E-state index is 12.8. The molecule has 1 aliphatic heterocycles. The molecule has 0 bridgehead atoms. The van der Waals surface area contributed by atoms with Crippen molar-refractivity contribution < 1.29 is 4.79 Å². The number of hydrogen-bond acceptors (Lipinski definition) is 4. The zero-order chi connectivity index (χ0) is 18.5. The Hall–Kier alpha value is -2.40. The van der Waals surface area contributed by atoms with Crippen LogP contribution in [0.1, 0.15) is 29.9 Å². The van der Waals surface area contributed by atoms with Gasteiger partial charge in [0.15, 0.2) is 0 Å². The Bertz CT molecular complexity index is 724. The molecule has 2 heterocycles. The first-order chi connectivity index (χ1) is 12.5. The number of anilines is 1. The number of rotatable bonds is 5. The maximum absolute atomic E-state index is 12.8. The quantitative estimate of drug-likeness (QED) is 0.830. The molecule has 1 aliphatic rings. The zero-order valence-corrected chi connectivity index (χ0v) is 15.9. The highest BCUT2D eigenvalue weighted by atomic mass is 16.2. The fourth-order valence-corrected chi connectivity index (χ4v) is 3.24. The van der Waals surface area contributed by atoms with E-state index in [0.29, 0.717) is 11.7 Å². The number of benzene rings is 1. The number of pyridine rings is 1. The van der Waals surface area contributed by atoms with Gasteiger partial charge < -0.3 is 14.7 Å². The average Bonchev–Trinajstić information content (AvgIpc) is 2.67. The normalized spacial score (nSPS) is 15.3. The van der Waals surface area contributed by atoms with E-state index in [1.54, 1.807) is 6.20 Å². The second-order valence-corrected chi connectivity index (χ2v) is 7.20. The van der Waals surface area contributed by atoms with Gasteiger partial charge in [-0.05, 0) is 38.6 Å². The van der Waals surface area contributed by atoms with Gasteiger partial charge in [-0.25, -0.2) is 0 Å². The summed E-state index contributed by atoms with van der Waals surface area (Å²) in [5.74, 6) is 0.0309. The lowest BCUT2D eigenvalue weighted by Gasteiger charge is -2.33. The molecule has 2 aromatic rings. The van der Waals surface area contributed by atoms with E-state index in [1.807, 2.05) is 23.1 Å². The Morgan fingerprint density at radius 3 is 2.46 bits per heavy atom. The van der Waals surface area contributed by atoms with E-state index in [4.69, 9.17) is 0 Å². The lowest BCUT2D eigenvalue weighted by molar-refractivity contribution is 0.0658. The summed E-state index contributed by atoms with van der Waals surface area (Å²) in [7, 11) is 2.09. The molecule has 0 spiro atoms. The van der Waals surface area contributed by atoms with Gasteiger partial charge in [0.2, 0.25) is 0 Å². The molecule has 0 aliphatic carbocycles. The number of carbonyl (C=O) groups is 1. The standard InChI is InChI=1S/C21H28N4O/c1-17(2)25(16-18-7-5-4-6-8-18)19-9-10-22-20(15-19)21(26)24-13-11-23(3)12-14-24/h4-10,15,17H,11-14,16H2,1-3H3. The molecule has 26 heavy (non-hydrogen) atoms. The van der Waals surface area contributed by atoms with Crippen LogP contribution in [-0.4, -0.2) is 60.0 Å². The molecule has 0 N–H and O–H groups in total. The van der Waals surface area contributed by atoms with Crippen molar-refractivity contribution in [3.8, 4) is 0 Å². The van der Waals surface area contributed by atoms with Crippen molar-refractivity contribution in [3.63, 3.8) is 0 Å². The van der Waals surface area contributed by atoms with Gasteiger partial charge in [-0.3, -0.25) is 9.78 Å². The molecule has 1 amide bonds. The highest BCUT2D eigenvalue weighted by molar-refractivity contribution is 5.93. The predicted octanol–water partition coefficient (Wildman–Crippen LogP) is 2.88. The third kappa shape index (κ3) is 4.41. The second kappa shape index (κ2) is 8.32. The summed E-state index contributed by atoms with van der Waals surface area (Å²) < 4.78 is 0. The smallest absolute Gasteiger partial charge is 0.272 e. The third-order valence-corrected chi connectivity index (χ3v) is 4.90. The molecule has 5 heteroatoms. The molecule has 1 aromatic carbocycles. The summed E-state index contributed by atoms with van der Waals surface area (Å²) in [5.41, 5.74) is 2.83. The van der Waals surface area contributed by atoms with E-state index in [0.717, 1.165) is 38.4 Å². The summed E-state index contributed by atoms with van der Waals surface area (Å²) in [6, 6.07) is 14.7. The fourth-order valence-electron chi connectivity index (χ4n) is 3.24. The number of piperazine rings is 1. The Kier molecular flexibility index (Phi) is 5.89. The van der Waals surface area contributed by atoms with Crippen molar-refractivity contribution in [2.24, 2.45) is 0 Å². The van der Waals surface area contributed by atoms with Crippen molar-refractivity contribution in [3.05, 3.63) is 59.9 Å². The summed E-state index contributed by atoms with van der Waals surface area (Å²) in [4.78, 5) is 23.6. The fraction of sp³-hybridized carbons (Fsp3) is 0.429. The molecule has 0 unspecified atom stereocenters. The van der Waals surface area contributed by atoms with Crippen LogP contribution in [0, 0.1) is 0 Å². The molecule has 138 valence electrons. The van der Waals surface area contributed by atoms with Crippen LogP contribution < -0.4 is 4.90 Å². The number of likely N-dealkylation sites (N-methyl/N-ethyl adjacent to an activating group) is 1. The molecule has 0 saturated carbocycles. The highest BCUT2D eigenvalue weighted by Gasteiger charge is 2.22. The minimum absolute atomic E-state index is 0.0309. The second-order valence-electron chi connectivity index (χ2n) is 7.20. The molecular weight excluding hydrogens is 324 g/mol. The van der Waals surface area contributed by atoms with Crippen LogP contribution in [0.15, 0.2) is 48.7 Å². The lowest BCUT2D eigenvalue weighted by Crippen LogP contribution is -2.47. The van der Waals surface area contributed by atoms with E-state index >= 15 is 0 Å². The van der Waals surface area contributed by atoms with Crippen LogP contribution in [0.4, 0.5) is 5.69 Å². The van der Waals surface area contributed by atoms with E-state index in [-0.39, 0.29) is 5.91 Å². The first kappa shape index (κ1) is 18.4. The average molecular weight is 352 g/mol. The Labute approximate surface area is 156 Å². The van der Waals surface area contributed by atoms with Gasteiger partial charge in [0.25, 0.3) is 5.91 Å². The maximum Gasteiger partial charge on any atom is 0.272 e. The summed E-state index contributed by atoms with van der Waals surface area (Å²) in [6.07, 6.45) is 1.75. The van der Waals surface area contributed by atoms with Crippen molar-refractivity contribution in [1.82, 2.24) is 14.8 Å². The van der Waals surface area contributed by atoms with Gasteiger partial charge in [-0.1, -0.05) is 30.3 Å². The van der Waals surface area contributed by atoms with E-state index in [1.165, 1.54) is 5.56 Å². The third-order valence-electron chi connectivity index (χ3n) is 4.90. The van der Waals surface area contributed by atoms with E-state index in [9.17, 15) is 4.79 Å². The first-order valence-electron chi connectivity index (χ1n) is 9.29. The molecular formula is C21H28N4O. The summed E-state index contributed by atoms with van der Waals surface area (Å²) >= 11 is 0. The van der Waals surface area contributed by atoms with Gasteiger partial charge in [0.1, 0.15) is 5.69 Å². The molecule has 0 radical (unpaired) electrons. The van der Waals surface area contributed by atoms with E-state index in [2.05, 4.69) is 59.9 Å². The largest absolute Gasteiger partial charge is 0.365 e. The van der Waals surface area contributed by atoms with Crippen LogP contribution in [-0.2, 0) is 6.54 Å². The molecule has 1 aromatic heterocycles. The van der Waals surface area contributed by atoms with Crippen molar-refractivity contribution in [2.45, 2.75) is 26.4 Å². The van der Waals surface area contributed by atoms with Crippen LogP contribution in [0.2, 0.25) is 0 Å². The lowest BCUT2D eigenvalue weighted by atomic mass is 10.1. The number of hydrogen-bond donors (Lipinski definition) is 0. The minimum atomic E-state index is 0.0309. The number of aromatic nitrogens is 1. The summed E-state index contributed by atoms with van der Waals surface area (Å²) in [6.45, 7) is 8.51. The Morgan fingerprint density at radius 2 is 1.81 bits per heavy atom. The van der Waals surface area contributed by atoms with Crippen LogP contribution in [0.3, 0.4) is 0 Å². The van der Waals surface area contributed by atoms with Crippen LogP contribution in [0.25, 0.3) is 0 Å². The zero-order valence-electron chi connectivity index (χ0n) is 15.9. The summed E-state index contributed by atoms with van der Waals surface area (Å²) in [5, 5.41) is 0. The van der Waals surface area contributed by atoms with Gasteiger partial charge in [0.05, 0.1) is 0 Å². The number of nitrogens with zero attached hydrogens (tertiary/aromatic N) is 4. The molecule has 0 atom stereocenters. The first-order valence-corrected chi connectivity index (χ1v) is 9.29. The molecule has 3 rings (SSSR count). The van der Waals surface area contributed by atoms with Crippen molar-refractivity contribution in [2.75, 3.05) is 38.1 Å². The number of amides is 1. The number of carbonyl (C=O) groups excluding carboxylic acids is 1. The van der Waals surface area contributed by atoms with Crippen LogP contribution in [0.5, 0.6) is 0 Å². The predicted molar refractivity (Wildman–Crippen MR) is 105 cm³/mol. The topological polar surface area (TPSA) is 39.7 Å². The van der Waals surface area contributed by atoms with Crippen molar-refractivity contribution in [1.29, 1.82) is 0 Å². The van der Waals surface area contributed by atoms with Gasteiger partial charge in [-0.2, -0.15) is 0 Å². The van der Waals surface area contributed by atoms with E-state index < -0.39 is 0 Å². The van der Waals surface area contributed by atoms with Gasteiger partial charge in [-0.15, -0.1) is 0 Å². The van der Waals surface area contributed by atoms with Crippen molar-refractivity contribution >= 4 is 11.6 Å². The highest BCUT2D eigenvalue weighted by Crippen LogP contribution is 2.21. The van der Waals surface area contributed by atoms with Gasteiger partial charge >= 0.3 is 0 Å². The monoisotopic (exact) mass is 352 g/mol. The molecule has 1 fully saturated rings. The molecule has 1 saturated heterocycles. The van der Waals surface area contributed by atoms with Crippen LogP contribution >= 0.6 is 0 Å².